The molecule has 0 saturated carbocycles. The summed E-state index contributed by atoms with van der Waals surface area (Å²) in [6, 6.07) is 20.4. The van der Waals surface area contributed by atoms with Gasteiger partial charge in [-0.3, -0.25) is 4.79 Å². The Kier molecular flexibility index (Phi) is 7.11. The second kappa shape index (κ2) is 10.2. The zero-order chi connectivity index (χ0) is 21.3. The van der Waals surface area contributed by atoms with Crippen LogP contribution >= 0.6 is 0 Å². The molecule has 30 heavy (non-hydrogen) atoms. The number of benzene rings is 3. The largest absolute Gasteiger partial charge is 0.493 e. The highest BCUT2D eigenvalue weighted by Gasteiger charge is 2.10. The van der Waals surface area contributed by atoms with Crippen molar-refractivity contribution in [3.8, 4) is 23.0 Å². The molecule has 3 aromatic carbocycles. The van der Waals surface area contributed by atoms with Crippen LogP contribution < -0.4 is 18.9 Å². The van der Waals surface area contributed by atoms with Crippen molar-refractivity contribution in [2.24, 2.45) is 0 Å². The molecule has 0 radical (unpaired) electrons. The van der Waals surface area contributed by atoms with Gasteiger partial charge in [-0.25, -0.2) is 0 Å². The van der Waals surface area contributed by atoms with E-state index >= 15 is 0 Å². The van der Waals surface area contributed by atoms with E-state index in [2.05, 4.69) is 0 Å². The topological polar surface area (TPSA) is 54.0 Å². The summed E-state index contributed by atoms with van der Waals surface area (Å²) in [5.74, 6) is 2.19. The molecule has 0 aliphatic rings. The standard InChI is InChI=1S/C25H24O5/c1-27-22-13-10-18(15-24(22)29-3)9-12-21(26)20-11-14-23(28-2)25(16-20)30-17-19-7-5-4-6-8-19/h4-16H,17H2,1-3H3. The molecule has 0 atom stereocenters. The average molecular weight is 404 g/mol. The normalized spacial score (nSPS) is 10.6. The first kappa shape index (κ1) is 21.0. The number of carbonyl (C=O) groups excluding carboxylic acids is 1. The summed E-state index contributed by atoms with van der Waals surface area (Å²) in [5.41, 5.74) is 2.37. The third-order valence-corrected chi connectivity index (χ3v) is 4.52. The van der Waals surface area contributed by atoms with Gasteiger partial charge >= 0.3 is 0 Å². The Labute approximate surface area is 176 Å². The van der Waals surface area contributed by atoms with E-state index in [9.17, 15) is 4.79 Å². The van der Waals surface area contributed by atoms with Crippen molar-refractivity contribution in [2.45, 2.75) is 6.61 Å². The van der Waals surface area contributed by atoms with Crippen LogP contribution in [0.25, 0.3) is 6.08 Å². The van der Waals surface area contributed by atoms with Gasteiger partial charge in [-0.05, 0) is 47.5 Å². The monoisotopic (exact) mass is 404 g/mol. The molecule has 0 amide bonds. The first-order chi connectivity index (χ1) is 14.6. The van der Waals surface area contributed by atoms with Gasteiger partial charge in [0.1, 0.15) is 6.61 Å². The van der Waals surface area contributed by atoms with Gasteiger partial charge in [-0.1, -0.05) is 42.5 Å². The third kappa shape index (κ3) is 5.20. The van der Waals surface area contributed by atoms with Crippen molar-refractivity contribution in [3.05, 3.63) is 89.5 Å². The van der Waals surface area contributed by atoms with Crippen molar-refractivity contribution in [1.29, 1.82) is 0 Å². The molecule has 0 bridgehead atoms. The fourth-order valence-electron chi connectivity index (χ4n) is 2.90. The minimum atomic E-state index is -0.142. The lowest BCUT2D eigenvalue weighted by molar-refractivity contribution is 0.104. The third-order valence-electron chi connectivity index (χ3n) is 4.52. The number of ether oxygens (including phenoxy) is 4. The van der Waals surface area contributed by atoms with E-state index in [0.717, 1.165) is 11.1 Å². The highest BCUT2D eigenvalue weighted by molar-refractivity contribution is 6.07. The van der Waals surface area contributed by atoms with Gasteiger partial charge in [0.25, 0.3) is 0 Å². The molecule has 0 spiro atoms. The smallest absolute Gasteiger partial charge is 0.185 e. The Hall–Kier alpha value is -3.73. The number of methoxy groups -OCH3 is 3. The highest BCUT2D eigenvalue weighted by Crippen LogP contribution is 2.30. The van der Waals surface area contributed by atoms with E-state index < -0.39 is 0 Å². The van der Waals surface area contributed by atoms with Crippen LogP contribution in [0.4, 0.5) is 0 Å². The second-order valence-corrected chi connectivity index (χ2v) is 6.45. The van der Waals surface area contributed by atoms with E-state index in [1.165, 1.54) is 6.08 Å². The molecule has 154 valence electrons. The lowest BCUT2D eigenvalue weighted by Gasteiger charge is -2.12. The molecule has 0 aliphatic carbocycles. The van der Waals surface area contributed by atoms with Crippen molar-refractivity contribution in [2.75, 3.05) is 21.3 Å². The van der Waals surface area contributed by atoms with Gasteiger partial charge in [0.15, 0.2) is 28.8 Å². The maximum Gasteiger partial charge on any atom is 0.185 e. The van der Waals surface area contributed by atoms with E-state index in [0.29, 0.717) is 35.2 Å². The first-order valence-electron chi connectivity index (χ1n) is 9.44. The molecule has 0 heterocycles. The van der Waals surface area contributed by atoms with E-state index in [1.54, 1.807) is 51.7 Å². The van der Waals surface area contributed by atoms with Crippen LogP contribution in [0.15, 0.2) is 72.8 Å². The molecular weight excluding hydrogens is 380 g/mol. The SMILES string of the molecule is COc1ccc(C=CC(=O)c2ccc(OC)c(OCc3ccccc3)c2)cc1OC. The molecule has 3 aromatic rings. The lowest BCUT2D eigenvalue weighted by atomic mass is 10.1. The van der Waals surface area contributed by atoms with Crippen LogP contribution in [0.1, 0.15) is 21.5 Å². The van der Waals surface area contributed by atoms with Crippen LogP contribution in [0, 0.1) is 0 Å². The molecule has 5 nitrogen and oxygen atoms in total. The minimum Gasteiger partial charge on any atom is -0.493 e. The maximum absolute atomic E-state index is 12.7. The average Bonchev–Trinajstić information content (AvgIpc) is 2.81. The van der Waals surface area contributed by atoms with Gasteiger partial charge in [-0.15, -0.1) is 0 Å². The number of ketones is 1. The summed E-state index contributed by atoms with van der Waals surface area (Å²) < 4.78 is 21.8. The Morgan fingerprint density at radius 2 is 1.43 bits per heavy atom. The number of rotatable bonds is 9. The van der Waals surface area contributed by atoms with Crippen LogP contribution in [0.2, 0.25) is 0 Å². The van der Waals surface area contributed by atoms with Crippen molar-refractivity contribution in [1.82, 2.24) is 0 Å². The molecule has 0 aromatic heterocycles. The van der Waals surface area contributed by atoms with Crippen LogP contribution in [0.3, 0.4) is 0 Å². The fraction of sp³-hybridized carbons (Fsp3) is 0.160. The summed E-state index contributed by atoms with van der Waals surface area (Å²) in [6.07, 6.45) is 3.25. The van der Waals surface area contributed by atoms with Gasteiger partial charge in [0.2, 0.25) is 0 Å². The Morgan fingerprint density at radius 1 is 0.767 bits per heavy atom. The minimum absolute atomic E-state index is 0.142. The van der Waals surface area contributed by atoms with E-state index in [4.69, 9.17) is 18.9 Å². The maximum atomic E-state index is 12.7. The summed E-state index contributed by atoms with van der Waals surface area (Å²) in [7, 11) is 4.73. The zero-order valence-corrected chi connectivity index (χ0v) is 17.3. The van der Waals surface area contributed by atoms with Crippen molar-refractivity contribution >= 4 is 11.9 Å². The Balaban J connectivity index is 1.76. The second-order valence-electron chi connectivity index (χ2n) is 6.45. The van der Waals surface area contributed by atoms with Crippen molar-refractivity contribution < 1.29 is 23.7 Å². The summed E-state index contributed by atoms with van der Waals surface area (Å²) in [5, 5.41) is 0. The predicted molar refractivity (Wildman–Crippen MR) is 117 cm³/mol. The molecule has 3 rings (SSSR count). The Bertz CT molecular complexity index is 1020. The van der Waals surface area contributed by atoms with Crippen molar-refractivity contribution in [3.63, 3.8) is 0 Å². The zero-order valence-electron chi connectivity index (χ0n) is 17.3. The Morgan fingerprint density at radius 3 is 2.13 bits per heavy atom. The number of carbonyl (C=O) groups is 1. The van der Waals surface area contributed by atoms with Gasteiger partial charge in [-0.2, -0.15) is 0 Å². The summed E-state index contributed by atoms with van der Waals surface area (Å²) >= 11 is 0. The molecule has 0 N–H and O–H groups in total. The number of allylic oxidation sites excluding steroid dienone is 1. The van der Waals surface area contributed by atoms with Gasteiger partial charge < -0.3 is 18.9 Å². The highest BCUT2D eigenvalue weighted by atomic mass is 16.5. The molecule has 0 unspecified atom stereocenters. The predicted octanol–water partition coefficient (Wildman–Crippen LogP) is 5.19. The number of hydrogen-bond acceptors (Lipinski definition) is 5. The molecule has 0 saturated heterocycles. The van der Waals surface area contributed by atoms with Crippen LogP contribution in [-0.4, -0.2) is 27.1 Å². The molecule has 0 aliphatic heterocycles. The van der Waals surface area contributed by atoms with Crippen LogP contribution in [0.5, 0.6) is 23.0 Å². The summed E-state index contributed by atoms with van der Waals surface area (Å²) in [4.78, 5) is 12.7. The van der Waals surface area contributed by atoms with Crippen LogP contribution in [-0.2, 0) is 6.61 Å². The fourth-order valence-corrected chi connectivity index (χ4v) is 2.90. The summed E-state index contributed by atoms with van der Waals surface area (Å²) in [6.45, 7) is 0.385. The van der Waals surface area contributed by atoms with E-state index in [1.807, 2.05) is 42.5 Å². The molecule has 0 fully saturated rings. The first-order valence-corrected chi connectivity index (χ1v) is 9.44. The number of hydrogen-bond donors (Lipinski definition) is 0. The molecule has 5 heteroatoms. The van der Waals surface area contributed by atoms with E-state index in [-0.39, 0.29) is 5.78 Å². The quantitative estimate of drug-likeness (QED) is 0.363. The lowest BCUT2D eigenvalue weighted by Crippen LogP contribution is -2.00. The van der Waals surface area contributed by atoms with Gasteiger partial charge in [0.05, 0.1) is 21.3 Å². The van der Waals surface area contributed by atoms with Gasteiger partial charge in [0, 0.05) is 5.56 Å². The molecular formula is C25H24O5.